The molecule has 21 heavy (non-hydrogen) atoms. The molecule has 1 N–H and O–H groups in total. The summed E-state index contributed by atoms with van der Waals surface area (Å²) in [6.07, 6.45) is 3.29. The summed E-state index contributed by atoms with van der Waals surface area (Å²) < 4.78 is 5.29. The zero-order chi connectivity index (χ0) is 13.9. The van der Waals surface area contributed by atoms with E-state index >= 15 is 0 Å². The Bertz CT molecular complexity index is 598. The van der Waals surface area contributed by atoms with Gasteiger partial charge in [-0.1, -0.05) is 17.7 Å². The molecule has 3 rings (SSSR count). The number of anilines is 1. The van der Waals surface area contributed by atoms with Gasteiger partial charge in [0.2, 0.25) is 0 Å². The summed E-state index contributed by atoms with van der Waals surface area (Å²) in [4.78, 5) is 0. The highest BCUT2D eigenvalue weighted by Crippen LogP contribution is 2.27. The number of aryl methyl sites for hydroxylation is 1. The van der Waals surface area contributed by atoms with Crippen LogP contribution in [0.15, 0.2) is 42.5 Å². The lowest BCUT2D eigenvalue weighted by molar-refractivity contribution is 0.413. The Morgan fingerprint density at radius 1 is 1.10 bits per heavy atom. The van der Waals surface area contributed by atoms with Crippen LogP contribution < -0.4 is 10.1 Å². The topological polar surface area (TPSA) is 21.3 Å². The van der Waals surface area contributed by atoms with Crippen LogP contribution in [0.5, 0.6) is 5.75 Å². The molecule has 112 valence electrons. The Hall–Kier alpha value is -1.38. The third-order valence-electron chi connectivity index (χ3n) is 3.86. The van der Waals surface area contributed by atoms with Gasteiger partial charge >= 0.3 is 0 Å². The van der Waals surface area contributed by atoms with Crippen molar-refractivity contribution in [3.63, 3.8) is 0 Å². The van der Waals surface area contributed by atoms with Crippen LogP contribution >= 0.6 is 24.0 Å². The Balaban J connectivity index is 0.00000161. The van der Waals surface area contributed by atoms with Crippen molar-refractivity contribution in [2.45, 2.75) is 25.3 Å². The van der Waals surface area contributed by atoms with Crippen molar-refractivity contribution in [2.24, 2.45) is 0 Å². The van der Waals surface area contributed by atoms with Crippen LogP contribution in [0.2, 0.25) is 5.02 Å². The number of hydrogen-bond donors (Lipinski definition) is 1. The number of hydrogen-bond acceptors (Lipinski definition) is 2. The molecule has 0 saturated heterocycles. The fourth-order valence-electron chi connectivity index (χ4n) is 2.76. The van der Waals surface area contributed by atoms with E-state index in [1.54, 1.807) is 7.11 Å². The zero-order valence-electron chi connectivity index (χ0n) is 11.9. The Kier molecular flexibility index (Phi) is 5.38. The lowest BCUT2D eigenvalue weighted by Gasteiger charge is -2.26. The van der Waals surface area contributed by atoms with Gasteiger partial charge in [-0.3, -0.25) is 0 Å². The maximum atomic E-state index is 5.91. The second-order valence-corrected chi connectivity index (χ2v) is 5.66. The van der Waals surface area contributed by atoms with Crippen molar-refractivity contribution in [3.05, 3.63) is 58.6 Å². The summed E-state index contributed by atoms with van der Waals surface area (Å²) >= 11 is 5.91. The SMILES string of the molecule is COc1ccc2c(c1)CCC(Nc1ccc(Cl)cc1)C2.Cl. The van der Waals surface area contributed by atoms with E-state index in [0.717, 1.165) is 35.7 Å². The molecular weight excluding hydrogens is 305 g/mol. The molecule has 0 fully saturated rings. The fourth-order valence-corrected chi connectivity index (χ4v) is 2.89. The van der Waals surface area contributed by atoms with Crippen LogP contribution in [0.1, 0.15) is 17.5 Å². The van der Waals surface area contributed by atoms with Crippen molar-refractivity contribution >= 4 is 29.7 Å². The molecule has 1 aliphatic carbocycles. The smallest absolute Gasteiger partial charge is 0.119 e. The third-order valence-corrected chi connectivity index (χ3v) is 4.11. The van der Waals surface area contributed by atoms with E-state index in [-0.39, 0.29) is 12.4 Å². The van der Waals surface area contributed by atoms with E-state index in [4.69, 9.17) is 16.3 Å². The van der Waals surface area contributed by atoms with Gasteiger partial charge in [0, 0.05) is 16.8 Å². The number of halogens is 2. The minimum atomic E-state index is 0. The summed E-state index contributed by atoms with van der Waals surface area (Å²) in [6.45, 7) is 0. The average molecular weight is 324 g/mol. The van der Waals surface area contributed by atoms with E-state index in [1.807, 2.05) is 30.3 Å². The summed E-state index contributed by atoms with van der Waals surface area (Å²) in [5.74, 6) is 0.952. The lowest BCUT2D eigenvalue weighted by Crippen LogP contribution is -2.27. The molecule has 2 nitrogen and oxygen atoms in total. The quantitative estimate of drug-likeness (QED) is 0.880. The van der Waals surface area contributed by atoms with Crippen LogP contribution in [0.4, 0.5) is 5.69 Å². The third kappa shape index (κ3) is 3.84. The standard InChI is InChI=1S/C17H18ClNO.ClH/c1-20-17-9-3-12-10-16(6-2-13(12)11-17)19-15-7-4-14(18)5-8-15;/h3-5,7-9,11,16,19H,2,6,10H2,1H3;1H. The van der Waals surface area contributed by atoms with E-state index < -0.39 is 0 Å². The molecule has 0 spiro atoms. The molecule has 1 aliphatic rings. The van der Waals surface area contributed by atoms with Gasteiger partial charge in [0.05, 0.1) is 7.11 Å². The molecule has 0 bridgehead atoms. The second kappa shape index (κ2) is 7.06. The van der Waals surface area contributed by atoms with Gasteiger partial charge in [0.1, 0.15) is 5.75 Å². The van der Waals surface area contributed by atoms with E-state index in [9.17, 15) is 0 Å². The highest BCUT2D eigenvalue weighted by atomic mass is 35.5. The normalized spacial score (nSPS) is 16.6. The van der Waals surface area contributed by atoms with Crippen molar-refractivity contribution in [1.29, 1.82) is 0 Å². The van der Waals surface area contributed by atoms with Gasteiger partial charge in [0.25, 0.3) is 0 Å². The first-order valence-corrected chi connectivity index (χ1v) is 7.30. The highest BCUT2D eigenvalue weighted by Gasteiger charge is 2.18. The summed E-state index contributed by atoms with van der Waals surface area (Å²) in [6, 6.07) is 14.8. The molecular formula is C17H19Cl2NO. The number of benzene rings is 2. The lowest BCUT2D eigenvalue weighted by atomic mass is 9.88. The molecule has 1 atom stereocenters. The minimum Gasteiger partial charge on any atom is -0.497 e. The molecule has 0 saturated carbocycles. The van der Waals surface area contributed by atoms with Crippen LogP contribution in [-0.4, -0.2) is 13.2 Å². The van der Waals surface area contributed by atoms with Gasteiger partial charge in [-0.15, -0.1) is 12.4 Å². The predicted molar refractivity (Wildman–Crippen MR) is 91.1 cm³/mol. The monoisotopic (exact) mass is 323 g/mol. The molecule has 0 aliphatic heterocycles. The van der Waals surface area contributed by atoms with Gasteiger partial charge in [-0.2, -0.15) is 0 Å². The Labute approximate surface area is 136 Å². The molecule has 0 heterocycles. The number of methoxy groups -OCH3 is 1. The largest absolute Gasteiger partial charge is 0.497 e. The fraction of sp³-hybridized carbons (Fsp3) is 0.294. The van der Waals surface area contributed by atoms with Gasteiger partial charge in [-0.25, -0.2) is 0 Å². The first-order chi connectivity index (χ1) is 9.74. The number of nitrogens with one attached hydrogen (secondary N) is 1. The average Bonchev–Trinajstić information content (AvgIpc) is 2.49. The second-order valence-electron chi connectivity index (χ2n) is 5.23. The molecule has 4 heteroatoms. The molecule has 0 aromatic heterocycles. The first-order valence-electron chi connectivity index (χ1n) is 6.92. The summed E-state index contributed by atoms with van der Waals surface area (Å²) in [5, 5.41) is 4.36. The van der Waals surface area contributed by atoms with Crippen LogP contribution in [0.3, 0.4) is 0 Å². The maximum Gasteiger partial charge on any atom is 0.119 e. The van der Waals surface area contributed by atoms with Crippen molar-refractivity contribution in [2.75, 3.05) is 12.4 Å². The van der Waals surface area contributed by atoms with Gasteiger partial charge in [0.15, 0.2) is 0 Å². The van der Waals surface area contributed by atoms with Crippen molar-refractivity contribution in [3.8, 4) is 5.75 Å². The minimum absolute atomic E-state index is 0. The number of rotatable bonds is 3. The maximum absolute atomic E-state index is 5.91. The zero-order valence-corrected chi connectivity index (χ0v) is 13.5. The first kappa shape index (κ1) is 16.0. The van der Waals surface area contributed by atoms with E-state index in [2.05, 4.69) is 17.4 Å². The molecule has 1 unspecified atom stereocenters. The van der Waals surface area contributed by atoms with Crippen LogP contribution in [0.25, 0.3) is 0 Å². The van der Waals surface area contributed by atoms with Gasteiger partial charge in [-0.05, 0) is 66.8 Å². The van der Waals surface area contributed by atoms with Gasteiger partial charge < -0.3 is 10.1 Å². The Morgan fingerprint density at radius 2 is 1.86 bits per heavy atom. The summed E-state index contributed by atoms with van der Waals surface area (Å²) in [7, 11) is 1.72. The molecule has 2 aromatic rings. The van der Waals surface area contributed by atoms with E-state index in [1.165, 1.54) is 11.1 Å². The number of fused-ring (bicyclic) bond motifs is 1. The van der Waals surface area contributed by atoms with Crippen molar-refractivity contribution in [1.82, 2.24) is 0 Å². The van der Waals surface area contributed by atoms with E-state index in [0.29, 0.717) is 6.04 Å². The highest BCUT2D eigenvalue weighted by molar-refractivity contribution is 6.30. The van der Waals surface area contributed by atoms with Crippen molar-refractivity contribution < 1.29 is 4.74 Å². The number of ether oxygens (including phenoxy) is 1. The van der Waals surface area contributed by atoms with Crippen LogP contribution in [-0.2, 0) is 12.8 Å². The molecule has 0 amide bonds. The Morgan fingerprint density at radius 3 is 2.57 bits per heavy atom. The molecule has 0 radical (unpaired) electrons. The summed E-state index contributed by atoms with van der Waals surface area (Å²) in [5.41, 5.74) is 3.97. The molecule has 2 aromatic carbocycles. The predicted octanol–water partition coefficient (Wildman–Crippen LogP) is 4.74. The van der Waals surface area contributed by atoms with Crippen LogP contribution in [0, 0.1) is 0 Å².